The molecule has 0 atom stereocenters. The van der Waals surface area contributed by atoms with Gasteiger partial charge in [-0.1, -0.05) is 30.3 Å². The van der Waals surface area contributed by atoms with Gasteiger partial charge in [-0.05, 0) is 37.3 Å². The van der Waals surface area contributed by atoms with Gasteiger partial charge in [0.1, 0.15) is 5.52 Å². The highest BCUT2D eigenvalue weighted by Gasteiger charge is 2.31. The van der Waals surface area contributed by atoms with Crippen LogP contribution in [0.3, 0.4) is 0 Å². The monoisotopic (exact) mass is 438 g/mol. The summed E-state index contributed by atoms with van der Waals surface area (Å²) < 4.78 is 46.4. The van der Waals surface area contributed by atoms with Gasteiger partial charge in [0.25, 0.3) is 5.43 Å². The highest BCUT2D eigenvalue weighted by molar-refractivity contribution is 5.83. The van der Waals surface area contributed by atoms with Gasteiger partial charge in [-0.15, -0.1) is 0 Å². The van der Waals surface area contributed by atoms with E-state index in [1.807, 2.05) is 6.07 Å². The van der Waals surface area contributed by atoms with Crippen LogP contribution in [0.2, 0.25) is 0 Å². The van der Waals surface area contributed by atoms with Gasteiger partial charge >= 0.3 is 6.18 Å². The molecule has 162 valence electrons. The van der Waals surface area contributed by atoms with Crippen molar-refractivity contribution in [2.24, 2.45) is 5.10 Å². The van der Waals surface area contributed by atoms with Gasteiger partial charge in [0, 0.05) is 12.8 Å². The van der Waals surface area contributed by atoms with E-state index in [0.717, 1.165) is 12.1 Å². The minimum absolute atomic E-state index is 0.0381. The second-order valence-corrected chi connectivity index (χ2v) is 6.74. The van der Waals surface area contributed by atoms with Crippen LogP contribution in [0, 0.1) is 0 Å². The van der Waals surface area contributed by atoms with E-state index in [9.17, 15) is 18.0 Å². The van der Waals surface area contributed by atoms with Crippen LogP contribution in [-0.4, -0.2) is 16.5 Å². The fourth-order valence-corrected chi connectivity index (χ4v) is 3.35. The van der Waals surface area contributed by atoms with E-state index >= 15 is 0 Å². The molecule has 0 bridgehead atoms. The summed E-state index contributed by atoms with van der Waals surface area (Å²) in [5.74, 6) is 0. The van der Waals surface area contributed by atoms with Gasteiger partial charge in [-0.3, -0.25) is 4.79 Å². The zero-order valence-electron chi connectivity index (χ0n) is 16.9. The van der Waals surface area contributed by atoms with Crippen LogP contribution in [-0.2, 0) is 6.18 Å². The number of nitrogens with zero attached hydrogens (tertiary/aromatic N) is 4. The van der Waals surface area contributed by atoms with E-state index in [0.29, 0.717) is 11.4 Å². The molecular formula is C23H17F3N4O2. The van der Waals surface area contributed by atoms with Gasteiger partial charge in [0.05, 0.1) is 28.9 Å². The van der Waals surface area contributed by atoms with Crippen LogP contribution >= 0.6 is 0 Å². The first-order chi connectivity index (χ1) is 15.3. The van der Waals surface area contributed by atoms with Crippen molar-refractivity contribution in [3.8, 4) is 5.69 Å². The molecule has 0 amide bonds. The summed E-state index contributed by atoms with van der Waals surface area (Å²) in [5, 5.41) is 9.85. The summed E-state index contributed by atoms with van der Waals surface area (Å²) >= 11 is 0. The lowest BCUT2D eigenvalue weighted by Crippen LogP contribution is -2.24. The number of aromatic nitrogens is 2. The molecule has 0 N–H and O–H groups in total. The molecule has 0 saturated heterocycles. The smallest absolute Gasteiger partial charge is 0.416 e. The normalized spacial score (nSPS) is 12.2. The summed E-state index contributed by atoms with van der Waals surface area (Å²) in [4.78, 5) is 13.2. The largest absolute Gasteiger partial charge is 0.458 e. The zero-order valence-corrected chi connectivity index (χ0v) is 16.9. The van der Waals surface area contributed by atoms with Crippen molar-refractivity contribution in [2.75, 3.05) is 5.01 Å². The molecule has 0 radical (unpaired) electrons. The van der Waals surface area contributed by atoms with E-state index in [4.69, 9.17) is 4.42 Å². The zero-order chi connectivity index (χ0) is 22.9. The summed E-state index contributed by atoms with van der Waals surface area (Å²) in [5.41, 5.74) is -0.152. The van der Waals surface area contributed by atoms with Crippen LogP contribution in [0.25, 0.3) is 22.5 Å². The minimum Gasteiger partial charge on any atom is -0.458 e. The van der Waals surface area contributed by atoms with Crippen LogP contribution in [0.4, 0.5) is 18.9 Å². The molecule has 32 heavy (non-hydrogen) atoms. The first kappa shape index (κ1) is 21.1. The Bertz CT molecular complexity index is 1370. The summed E-state index contributed by atoms with van der Waals surface area (Å²) in [6.07, 6.45) is -1.62. The second-order valence-electron chi connectivity index (χ2n) is 6.74. The standard InChI is InChI=1S/C23H17F3N4O2/c1-3-18(29(27-2)16-9-5-4-6-10-16)20-21(31)22-19(12-13-32-22)30(28-20)17-11-7-8-15(14-17)23(24,25)26/h3-14H,2H2,1H3/b18-3-. The Morgan fingerprint density at radius 2 is 1.91 bits per heavy atom. The SMILES string of the molecule is C=NN(/C(=C\C)c1nn(-c2cccc(C(F)(F)F)c2)c2ccoc2c1=O)c1ccccc1. The molecule has 2 aromatic carbocycles. The van der Waals surface area contributed by atoms with Gasteiger partial charge in [0.15, 0.2) is 5.69 Å². The predicted octanol–water partition coefficient (Wildman–Crippen LogP) is 5.48. The quantitative estimate of drug-likeness (QED) is 0.306. The highest BCUT2D eigenvalue weighted by Crippen LogP contribution is 2.31. The molecule has 4 rings (SSSR count). The fraction of sp³-hybridized carbons (Fsp3) is 0.0870. The number of fused-ring (bicyclic) bond motifs is 1. The van der Waals surface area contributed by atoms with E-state index in [1.165, 1.54) is 34.2 Å². The van der Waals surface area contributed by atoms with Crippen molar-refractivity contribution in [1.29, 1.82) is 0 Å². The number of hydrogen-bond donors (Lipinski definition) is 0. The topological polar surface area (TPSA) is 63.6 Å². The van der Waals surface area contributed by atoms with Crippen molar-refractivity contribution in [2.45, 2.75) is 13.1 Å². The third-order valence-electron chi connectivity index (χ3n) is 4.80. The number of benzene rings is 2. The Balaban J connectivity index is 1.96. The van der Waals surface area contributed by atoms with Crippen molar-refractivity contribution in [1.82, 2.24) is 9.78 Å². The molecular weight excluding hydrogens is 421 g/mol. The first-order valence-corrected chi connectivity index (χ1v) is 9.52. The predicted molar refractivity (Wildman–Crippen MR) is 117 cm³/mol. The van der Waals surface area contributed by atoms with Crippen molar-refractivity contribution in [3.63, 3.8) is 0 Å². The first-order valence-electron chi connectivity index (χ1n) is 9.52. The molecule has 2 aromatic heterocycles. The average molecular weight is 438 g/mol. The lowest BCUT2D eigenvalue weighted by atomic mass is 10.2. The van der Waals surface area contributed by atoms with Crippen LogP contribution in [0.5, 0.6) is 0 Å². The molecule has 6 nitrogen and oxygen atoms in total. The van der Waals surface area contributed by atoms with Crippen molar-refractivity contribution >= 4 is 29.2 Å². The molecule has 9 heteroatoms. The molecule has 2 heterocycles. The van der Waals surface area contributed by atoms with Gasteiger partial charge in [-0.2, -0.15) is 23.4 Å². The fourth-order valence-electron chi connectivity index (χ4n) is 3.35. The molecule has 0 aliphatic carbocycles. The van der Waals surface area contributed by atoms with E-state index in [1.54, 1.807) is 37.3 Å². The van der Waals surface area contributed by atoms with Crippen molar-refractivity contribution < 1.29 is 17.6 Å². The molecule has 0 fully saturated rings. The maximum absolute atomic E-state index is 13.3. The van der Waals surface area contributed by atoms with Gasteiger partial charge in [0.2, 0.25) is 5.58 Å². The second kappa shape index (κ2) is 8.18. The van der Waals surface area contributed by atoms with E-state index < -0.39 is 17.2 Å². The number of alkyl halides is 3. The van der Waals surface area contributed by atoms with Gasteiger partial charge in [-0.25, -0.2) is 9.69 Å². The number of para-hydroxylation sites is 1. The molecule has 0 unspecified atom stereocenters. The molecule has 0 saturated carbocycles. The number of halogens is 3. The molecule has 0 aliphatic heterocycles. The Labute approximate surface area is 180 Å². The molecule has 0 aliphatic rings. The summed E-state index contributed by atoms with van der Waals surface area (Å²) in [6, 6.07) is 15.1. The minimum atomic E-state index is -4.53. The Kier molecular flexibility index (Phi) is 5.40. The highest BCUT2D eigenvalue weighted by atomic mass is 19.4. The molecule has 4 aromatic rings. The maximum atomic E-state index is 13.3. The average Bonchev–Trinajstić information content (AvgIpc) is 3.29. The van der Waals surface area contributed by atoms with Crippen LogP contribution in [0.1, 0.15) is 18.2 Å². The van der Waals surface area contributed by atoms with Crippen LogP contribution < -0.4 is 10.4 Å². The lowest BCUT2D eigenvalue weighted by molar-refractivity contribution is -0.137. The van der Waals surface area contributed by atoms with Crippen LogP contribution in [0.15, 0.2) is 87.3 Å². The third-order valence-corrected chi connectivity index (χ3v) is 4.80. The Morgan fingerprint density at radius 1 is 1.16 bits per heavy atom. The maximum Gasteiger partial charge on any atom is 0.416 e. The molecule has 0 spiro atoms. The number of allylic oxidation sites excluding steroid dienone is 1. The van der Waals surface area contributed by atoms with Gasteiger partial charge < -0.3 is 4.42 Å². The Morgan fingerprint density at radius 3 is 2.56 bits per heavy atom. The number of hydrogen-bond acceptors (Lipinski definition) is 5. The Hall–Kier alpha value is -4.14. The number of hydrazone groups is 1. The summed E-state index contributed by atoms with van der Waals surface area (Å²) in [7, 11) is 0. The lowest BCUT2D eigenvalue weighted by Gasteiger charge is -2.21. The summed E-state index contributed by atoms with van der Waals surface area (Å²) in [6.45, 7) is 5.28. The number of rotatable bonds is 5. The third kappa shape index (κ3) is 3.68. The number of anilines is 1. The van der Waals surface area contributed by atoms with E-state index in [2.05, 4.69) is 16.9 Å². The van der Waals surface area contributed by atoms with Crippen molar-refractivity contribution in [3.05, 3.63) is 94.5 Å². The van der Waals surface area contributed by atoms with E-state index in [-0.39, 0.29) is 22.5 Å². The number of furan rings is 1.